The smallest absolute Gasteiger partial charge is 0.305 e. The van der Waals surface area contributed by atoms with E-state index in [4.69, 9.17) is 9.78 Å². The minimum atomic E-state index is -1.19. The van der Waals surface area contributed by atoms with Crippen molar-refractivity contribution in [2.45, 2.75) is 0 Å². The summed E-state index contributed by atoms with van der Waals surface area (Å²) in [4.78, 5) is 142. The van der Waals surface area contributed by atoms with Crippen LogP contribution in [-0.2, 0) is 89.5 Å². The Morgan fingerprint density at radius 3 is 0.424 bits per heavy atom. The fourth-order valence-corrected chi connectivity index (χ4v) is 4.37. The fraction of sp³-hybridized carbons (Fsp3) is 0. The molecule has 0 spiro atoms. The number of hydrogen-bond donors (Lipinski definition) is 0. The standard InChI is InChI=1S/C38H20O28/c39-31-21-1-5-23(6-2-21)33(41)51-61-63-53-35(43)25-9-13-27(14-10-25)37(45)55-65-66-56-38(46)28-15-11-26(12-16-28)36(44)54-64-62-52-34(42)24-7-3-22(4-8-24)32(40)50-60-58-48-30-19-17-29(18-20-30)47-57-59-49-31/h1-20H. The van der Waals surface area contributed by atoms with Gasteiger partial charge in [-0.2, -0.15) is 0 Å². The van der Waals surface area contributed by atoms with E-state index in [0.29, 0.717) is 0 Å². The van der Waals surface area contributed by atoms with Crippen molar-refractivity contribution in [3.05, 3.63) is 166 Å². The Hall–Kier alpha value is -8.94. The maximum Gasteiger partial charge on any atom is 0.376 e. The molecule has 0 unspecified atom stereocenters. The summed E-state index contributed by atoms with van der Waals surface area (Å²) in [6.07, 6.45) is 0. The van der Waals surface area contributed by atoms with Crippen molar-refractivity contribution in [3.8, 4) is 11.5 Å². The highest BCUT2D eigenvalue weighted by molar-refractivity contribution is 5.95. The van der Waals surface area contributed by atoms with Crippen LogP contribution in [0.2, 0.25) is 0 Å². The summed E-state index contributed by atoms with van der Waals surface area (Å²) in [6.45, 7) is 0. The van der Waals surface area contributed by atoms with E-state index in [9.17, 15) is 38.4 Å². The van der Waals surface area contributed by atoms with Crippen LogP contribution in [0.5, 0.6) is 11.5 Å². The highest BCUT2D eigenvalue weighted by Crippen LogP contribution is 2.19. The monoisotopic (exact) mass is 924 g/mol. The van der Waals surface area contributed by atoms with E-state index in [0.717, 1.165) is 97.1 Å². The van der Waals surface area contributed by atoms with E-state index in [1.54, 1.807) is 0 Å². The quantitative estimate of drug-likeness (QED) is 0.194. The van der Waals surface area contributed by atoms with E-state index in [2.05, 4.69) is 89.5 Å². The molecule has 6 heterocycles. The Morgan fingerprint density at radius 2 is 0.288 bits per heavy atom. The lowest BCUT2D eigenvalue weighted by molar-refractivity contribution is -0.595. The molecule has 0 saturated heterocycles. The molecule has 340 valence electrons. The normalized spacial score (nSPS) is 15.8. The van der Waals surface area contributed by atoms with E-state index in [-0.39, 0.29) is 56.0 Å². The minimum Gasteiger partial charge on any atom is -0.305 e. The first kappa shape index (κ1) is 46.6. The van der Waals surface area contributed by atoms with Crippen LogP contribution < -0.4 is 9.78 Å². The van der Waals surface area contributed by atoms with Gasteiger partial charge in [0, 0.05) is 50.4 Å². The molecule has 5 aromatic rings. The summed E-state index contributed by atoms with van der Waals surface area (Å²) in [6, 6.07) is 22.6. The van der Waals surface area contributed by atoms with Crippen molar-refractivity contribution in [2.24, 2.45) is 0 Å². The zero-order chi connectivity index (χ0) is 46.7. The molecule has 0 N–H and O–H groups in total. The molecule has 0 amide bonds. The molecule has 10 bridgehead atoms. The summed E-state index contributed by atoms with van der Waals surface area (Å²) in [5.41, 5.74) is -1.43. The third-order valence-electron chi connectivity index (χ3n) is 7.53. The molecule has 0 saturated carbocycles. The van der Waals surface area contributed by atoms with E-state index >= 15 is 0 Å². The van der Waals surface area contributed by atoms with Gasteiger partial charge in [-0.1, -0.05) is 0 Å². The second-order valence-corrected chi connectivity index (χ2v) is 11.6. The minimum absolute atomic E-state index is 0.00595. The summed E-state index contributed by atoms with van der Waals surface area (Å²) in [5.74, 6) is -9.26. The molecule has 6 aliphatic heterocycles. The second-order valence-electron chi connectivity index (χ2n) is 11.6. The first-order valence-corrected chi connectivity index (χ1v) is 17.3. The van der Waals surface area contributed by atoms with Crippen molar-refractivity contribution in [1.82, 2.24) is 0 Å². The average molecular weight is 925 g/mol. The van der Waals surface area contributed by atoms with Crippen LogP contribution in [0.15, 0.2) is 121 Å². The molecule has 0 fully saturated rings. The molecular weight excluding hydrogens is 904 g/mol. The summed E-state index contributed by atoms with van der Waals surface area (Å²) in [5, 5.41) is 41.9. The van der Waals surface area contributed by atoms with Gasteiger partial charge in [0.1, 0.15) is 0 Å². The molecule has 6 aliphatic rings. The summed E-state index contributed by atoms with van der Waals surface area (Å²) in [7, 11) is 0. The lowest BCUT2D eigenvalue weighted by atomic mass is 10.1. The topological polar surface area (TPSA) is 321 Å². The van der Waals surface area contributed by atoms with Crippen molar-refractivity contribution in [2.75, 3.05) is 0 Å². The Balaban J connectivity index is 1.01. The molecule has 28 nitrogen and oxygen atoms in total. The van der Waals surface area contributed by atoms with Gasteiger partial charge in [0.25, 0.3) is 0 Å². The van der Waals surface area contributed by atoms with Gasteiger partial charge in [0.05, 0.1) is 44.5 Å². The number of carbonyl (C=O) groups excluding carboxylic acids is 8. The Bertz CT molecular complexity index is 2330. The van der Waals surface area contributed by atoms with Crippen LogP contribution in [0.1, 0.15) is 82.9 Å². The van der Waals surface area contributed by atoms with E-state index < -0.39 is 47.8 Å². The molecule has 0 aliphatic carbocycles. The van der Waals surface area contributed by atoms with Gasteiger partial charge in [-0.15, -0.1) is 0 Å². The van der Waals surface area contributed by atoms with Crippen LogP contribution in [0.4, 0.5) is 0 Å². The van der Waals surface area contributed by atoms with Crippen LogP contribution in [0.25, 0.3) is 0 Å². The van der Waals surface area contributed by atoms with Gasteiger partial charge in [-0.3, -0.25) is 39.1 Å². The van der Waals surface area contributed by atoms with E-state index in [1.165, 1.54) is 24.3 Å². The third kappa shape index (κ3) is 13.8. The molecule has 11 rings (SSSR count). The number of carbonyl (C=O) groups is 8. The largest absolute Gasteiger partial charge is 0.376 e. The van der Waals surface area contributed by atoms with Crippen molar-refractivity contribution >= 4 is 47.8 Å². The number of hydrogen-bond acceptors (Lipinski definition) is 28. The number of benzene rings is 5. The number of rotatable bonds is 0. The lowest BCUT2D eigenvalue weighted by Crippen LogP contribution is -2.13. The third-order valence-corrected chi connectivity index (χ3v) is 7.53. The first-order chi connectivity index (χ1) is 32.0. The van der Waals surface area contributed by atoms with E-state index in [1.807, 2.05) is 0 Å². The Labute approximate surface area is 362 Å². The predicted octanol–water partition coefficient (Wildman–Crippen LogP) is 4.40. The van der Waals surface area contributed by atoms with Crippen LogP contribution >= 0.6 is 0 Å². The molecule has 5 aromatic carbocycles. The maximum absolute atomic E-state index is 12.2. The van der Waals surface area contributed by atoms with Gasteiger partial charge in [-0.25, -0.2) is 38.4 Å². The Kier molecular flexibility index (Phi) is 16.6. The molecule has 28 heteroatoms. The summed E-state index contributed by atoms with van der Waals surface area (Å²) < 4.78 is 0. The van der Waals surface area contributed by atoms with Gasteiger partial charge < -0.3 is 9.78 Å². The van der Waals surface area contributed by atoms with Gasteiger partial charge in [0.2, 0.25) is 0 Å². The molecule has 0 radical (unpaired) electrons. The highest BCUT2D eigenvalue weighted by Gasteiger charge is 2.19. The van der Waals surface area contributed by atoms with Crippen LogP contribution in [-0.4, -0.2) is 47.8 Å². The molecule has 0 aromatic heterocycles. The molecular formula is C38H20O28. The molecule has 66 heavy (non-hydrogen) atoms. The number of fused-ring (bicyclic) bond motifs is 5. The summed E-state index contributed by atoms with van der Waals surface area (Å²) >= 11 is 0. The van der Waals surface area contributed by atoms with Crippen LogP contribution in [0.3, 0.4) is 0 Å². The SMILES string of the molecule is O=C1OOOOC(=O)c2ccc(cc2)C(=O)OOOOC(=O)c2ccc(cc2)C(=O)OOOOc2ccc(cc2)OOOOC(=O)c2ccc(cc2)C(=O)OOOOC(=O)c2ccc1cc2. The average Bonchev–Trinajstić information content (AvgIpc) is 3.35. The van der Waals surface area contributed by atoms with Gasteiger partial charge >= 0.3 is 47.8 Å². The zero-order valence-corrected chi connectivity index (χ0v) is 32.0. The zero-order valence-electron chi connectivity index (χ0n) is 32.0. The van der Waals surface area contributed by atoms with Crippen molar-refractivity contribution in [1.29, 1.82) is 0 Å². The second kappa shape index (κ2) is 23.5. The predicted molar refractivity (Wildman–Crippen MR) is 188 cm³/mol. The lowest BCUT2D eigenvalue weighted by Gasteiger charge is -2.06. The van der Waals surface area contributed by atoms with Gasteiger partial charge in [-0.05, 0) is 121 Å². The Morgan fingerprint density at radius 1 is 0.167 bits per heavy atom. The highest BCUT2D eigenvalue weighted by atomic mass is 17.7. The van der Waals surface area contributed by atoms with Gasteiger partial charge in [0.15, 0.2) is 11.5 Å². The molecule has 0 atom stereocenters. The van der Waals surface area contributed by atoms with Crippen molar-refractivity contribution < 1.29 is 138 Å². The maximum atomic E-state index is 12.2. The fourth-order valence-electron chi connectivity index (χ4n) is 4.37. The van der Waals surface area contributed by atoms with Crippen LogP contribution in [0, 0.1) is 0 Å². The van der Waals surface area contributed by atoms with Crippen molar-refractivity contribution in [3.63, 3.8) is 0 Å². The first-order valence-electron chi connectivity index (χ1n) is 17.3.